The van der Waals surface area contributed by atoms with Gasteiger partial charge in [0.25, 0.3) is 0 Å². The third-order valence-electron chi connectivity index (χ3n) is 2.99. The summed E-state index contributed by atoms with van der Waals surface area (Å²) in [5.41, 5.74) is 2.48. The Hall–Kier alpha value is -1.34. The molecule has 1 aliphatic rings. The zero-order valence-corrected chi connectivity index (χ0v) is 12.1. The van der Waals surface area contributed by atoms with E-state index in [9.17, 15) is 13.4 Å². The number of hydrogen-bond donors (Lipinski definition) is 1. The minimum Gasteiger partial charge on any atom is -0.427 e. The summed E-state index contributed by atoms with van der Waals surface area (Å²) in [5.74, 6) is 0.477. The van der Waals surface area contributed by atoms with Crippen LogP contribution in [0.5, 0.6) is 0 Å². The largest absolute Gasteiger partial charge is 0.484 e. The van der Waals surface area contributed by atoms with Crippen LogP contribution < -0.4 is 5.46 Å². The summed E-state index contributed by atoms with van der Waals surface area (Å²) in [6.45, 7) is 4.22. The molecule has 7 heteroatoms. The first-order chi connectivity index (χ1) is 8.80. The number of nitrogens with zero attached hydrogens (tertiary/aromatic N) is 2. The van der Waals surface area contributed by atoms with E-state index in [2.05, 4.69) is 18.9 Å². The molecule has 1 aromatic rings. The van der Waals surface area contributed by atoms with E-state index in [-0.39, 0.29) is 0 Å². The summed E-state index contributed by atoms with van der Waals surface area (Å²) in [6, 6.07) is 5.54. The Morgan fingerprint density at radius 1 is 1.42 bits per heavy atom. The molecule has 0 spiro atoms. The highest BCUT2D eigenvalue weighted by Crippen LogP contribution is 2.16. The van der Waals surface area contributed by atoms with Crippen LogP contribution in [0.15, 0.2) is 23.3 Å². The Kier molecular flexibility index (Phi) is 3.69. The van der Waals surface area contributed by atoms with Gasteiger partial charge >= 0.3 is 7.05 Å². The van der Waals surface area contributed by atoms with E-state index in [1.165, 1.54) is 6.21 Å². The van der Waals surface area contributed by atoms with Crippen LogP contribution in [-0.4, -0.2) is 37.3 Å². The highest BCUT2D eigenvalue weighted by Gasteiger charge is 2.35. The first-order valence-corrected chi connectivity index (χ1v) is 7.98. The van der Waals surface area contributed by atoms with Gasteiger partial charge in [-0.2, -0.15) is 5.10 Å². The summed E-state index contributed by atoms with van der Waals surface area (Å²) in [4.78, 5) is 0. The summed E-state index contributed by atoms with van der Waals surface area (Å²) in [6.07, 6.45) is 3.40. The maximum absolute atomic E-state index is 11.5. The average Bonchev–Trinajstić information content (AvgIpc) is 2.28. The van der Waals surface area contributed by atoms with E-state index in [1.807, 2.05) is 12.1 Å². The Bertz CT molecular complexity index is 613. The molecule has 0 bridgehead atoms. The second-order valence-electron chi connectivity index (χ2n) is 5.17. The Balaban J connectivity index is 2.47. The maximum atomic E-state index is 11.5. The smallest absolute Gasteiger partial charge is 0.427 e. The van der Waals surface area contributed by atoms with Crippen LogP contribution in [0.1, 0.15) is 25.0 Å². The quantitative estimate of drug-likeness (QED) is 0.803. The van der Waals surface area contributed by atoms with Crippen molar-refractivity contribution in [3.05, 3.63) is 29.3 Å². The standard InChI is InChI=1S/C12H17BN2O3S/c1-9(2)7-10-5-4-6-12-11(10)8-14-15(13(12)16)19(3,17)18/h4-6,8-9,16H,7H2,1-3H3. The Labute approximate surface area is 114 Å². The molecule has 0 radical (unpaired) electrons. The van der Waals surface area contributed by atoms with E-state index in [1.54, 1.807) is 6.07 Å². The Morgan fingerprint density at radius 2 is 2.11 bits per heavy atom. The van der Waals surface area contributed by atoms with Gasteiger partial charge in [-0.05, 0) is 28.9 Å². The van der Waals surface area contributed by atoms with Crippen LogP contribution in [0.4, 0.5) is 0 Å². The zero-order chi connectivity index (χ0) is 14.2. The topological polar surface area (TPSA) is 70.0 Å². The minimum atomic E-state index is -3.57. The molecule has 0 unspecified atom stereocenters. The molecule has 102 valence electrons. The monoisotopic (exact) mass is 280 g/mol. The zero-order valence-electron chi connectivity index (χ0n) is 11.2. The van der Waals surface area contributed by atoms with Crippen molar-refractivity contribution in [2.45, 2.75) is 20.3 Å². The molecule has 0 saturated heterocycles. The second kappa shape index (κ2) is 4.98. The van der Waals surface area contributed by atoms with Crippen LogP contribution >= 0.6 is 0 Å². The van der Waals surface area contributed by atoms with Crippen molar-refractivity contribution in [2.24, 2.45) is 11.0 Å². The van der Waals surface area contributed by atoms with Gasteiger partial charge in [0.1, 0.15) is 0 Å². The molecule has 5 nitrogen and oxygen atoms in total. The van der Waals surface area contributed by atoms with Crippen LogP contribution in [0.3, 0.4) is 0 Å². The van der Waals surface area contributed by atoms with Crippen molar-refractivity contribution in [1.82, 2.24) is 4.33 Å². The van der Waals surface area contributed by atoms with Gasteiger partial charge < -0.3 is 5.02 Å². The third-order valence-corrected chi connectivity index (χ3v) is 3.96. The molecule has 1 aromatic carbocycles. The lowest BCUT2D eigenvalue weighted by Crippen LogP contribution is -2.52. The fourth-order valence-electron chi connectivity index (χ4n) is 2.20. The van der Waals surface area contributed by atoms with Crippen molar-refractivity contribution in [1.29, 1.82) is 0 Å². The van der Waals surface area contributed by atoms with Crippen molar-refractivity contribution in [3.8, 4) is 0 Å². The highest BCUT2D eigenvalue weighted by molar-refractivity contribution is 7.89. The van der Waals surface area contributed by atoms with Crippen molar-refractivity contribution < 1.29 is 13.4 Å². The van der Waals surface area contributed by atoms with E-state index in [4.69, 9.17) is 0 Å². The van der Waals surface area contributed by atoms with Crippen molar-refractivity contribution >= 4 is 28.8 Å². The van der Waals surface area contributed by atoms with Gasteiger partial charge in [0.05, 0.1) is 12.5 Å². The number of benzene rings is 1. The number of fused-ring (bicyclic) bond motifs is 1. The summed E-state index contributed by atoms with van der Waals surface area (Å²) in [7, 11) is -4.82. The Morgan fingerprint density at radius 3 is 2.68 bits per heavy atom. The molecule has 0 saturated carbocycles. The van der Waals surface area contributed by atoms with Crippen molar-refractivity contribution in [3.63, 3.8) is 0 Å². The second-order valence-corrected chi connectivity index (χ2v) is 7.01. The van der Waals surface area contributed by atoms with Gasteiger partial charge in [-0.1, -0.05) is 32.0 Å². The van der Waals surface area contributed by atoms with Gasteiger partial charge in [0, 0.05) is 0 Å². The molecule has 19 heavy (non-hydrogen) atoms. The normalized spacial score (nSPS) is 15.0. The predicted octanol–water partition coefficient (Wildman–Crippen LogP) is 0.182. The molecule has 1 N–H and O–H groups in total. The summed E-state index contributed by atoms with van der Waals surface area (Å²) >= 11 is 0. The molecule has 0 amide bonds. The minimum absolute atomic E-state index is 0.477. The van der Waals surface area contributed by atoms with Crippen LogP contribution in [0.2, 0.25) is 0 Å². The highest BCUT2D eigenvalue weighted by atomic mass is 32.2. The first kappa shape index (κ1) is 14.1. The van der Waals surface area contributed by atoms with E-state index < -0.39 is 17.1 Å². The molecule has 0 fully saturated rings. The van der Waals surface area contributed by atoms with Crippen molar-refractivity contribution in [2.75, 3.05) is 6.26 Å². The van der Waals surface area contributed by atoms with Crippen LogP contribution in [0.25, 0.3) is 0 Å². The molecule has 0 aromatic heterocycles. The van der Waals surface area contributed by atoms with Gasteiger partial charge in [0.2, 0.25) is 10.0 Å². The van der Waals surface area contributed by atoms with Crippen LogP contribution in [-0.2, 0) is 16.4 Å². The lowest BCUT2D eigenvalue weighted by molar-refractivity contribution is 0.479. The molecule has 2 rings (SSSR count). The fourth-order valence-corrected chi connectivity index (χ4v) is 2.89. The number of hydrazone groups is 1. The van der Waals surface area contributed by atoms with E-state index in [0.29, 0.717) is 11.4 Å². The van der Waals surface area contributed by atoms with Gasteiger partial charge in [-0.3, -0.25) is 0 Å². The predicted molar refractivity (Wildman–Crippen MR) is 76.9 cm³/mol. The third kappa shape index (κ3) is 2.82. The number of rotatable bonds is 3. The number of sulfonamides is 1. The molecule has 1 heterocycles. The molecule has 1 aliphatic heterocycles. The van der Waals surface area contributed by atoms with Gasteiger partial charge in [-0.15, -0.1) is 0 Å². The number of hydrogen-bond acceptors (Lipinski definition) is 4. The molecular weight excluding hydrogens is 263 g/mol. The average molecular weight is 280 g/mol. The maximum Gasteiger partial charge on any atom is 0.484 e. The van der Waals surface area contributed by atoms with Crippen LogP contribution in [0, 0.1) is 5.92 Å². The lowest BCUT2D eigenvalue weighted by Gasteiger charge is -2.26. The molecular formula is C12H17BN2O3S. The fraction of sp³-hybridized carbons (Fsp3) is 0.417. The van der Waals surface area contributed by atoms with Gasteiger partial charge in [-0.25, -0.2) is 12.7 Å². The van der Waals surface area contributed by atoms with E-state index >= 15 is 0 Å². The summed E-state index contributed by atoms with van der Waals surface area (Å²) in [5, 5.41) is 14.0. The molecule has 0 atom stereocenters. The lowest BCUT2D eigenvalue weighted by atomic mass is 9.70. The SMILES string of the molecule is CC(C)Cc1cccc2c1C=NN(S(C)(=O)=O)B2O. The summed E-state index contributed by atoms with van der Waals surface area (Å²) < 4.78 is 23.8. The van der Waals surface area contributed by atoms with Gasteiger partial charge in [0.15, 0.2) is 0 Å². The van der Waals surface area contributed by atoms with E-state index in [0.717, 1.165) is 28.1 Å². The first-order valence-electron chi connectivity index (χ1n) is 6.14. The molecule has 0 aliphatic carbocycles.